The zero-order valence-electron chi connectivity index (χ0n) is 14.7. The Labute approximate surface area is 147 Å². The van der Waals surface area contributed by atoms with Crippen LogP contribution < -0.4 is 20.1 Å². The van der Waals surface area contributed by atoms with E-state index < -0.39 is 6.04 Å². The Morgan fingerprint density at radius 3 is 2.72 bits per heavy atom. The van der Waals surface area contributed by atoms with E-state index in [0.717, 1.165) is 12.8 Å². The number of benzene rings is 1. The average molecular weight is 345 g/mol. The topological polar surface area (TPSA) is 79.9 Å². The molecule has 0 aromatic heterocycles. The van der Waals surface area contributed by atoms with Crippen LogP contribution in [-0.2, 0) is 4.79 Å². The van der Waals surface area contributed by atoms with Gasteiger partial charge in [0.1, 0.15) is 11.5 Å². The van der Waals surface area contributed by atoms with Crippen LogP contribution in [0.4, 0.5) is 4.79 Å². The van der Waals surface area contributed by atoms with Gasteiger partial charge < -0.3 is 25.0 Å². The molecule has 2 aliphatic heterocycles. The number of amides is 3. The van der Waals surface area contributed by atoms with Gasteiger partial charge in [0.05, 0.1) is 38.1 Å². The van der Waals surface area contributed by atoms with E-state index >= 15 is 0 Å². The maximum absolute atomic E-state index is 12.9. The van der Waals surface area contributed by atoms with E-state index in [1.807, 2.05) is 0 Å². The molecule has 1 unspecified atom stereocenters. The Bertz CT molecular complexity index is 729. The van der Waals surface area contributed by atoms with Crippen LogP contribution in [0.1, 0.15) is 31.4 Å². The maximum Gasteiger partial charge on any atom is 0.319 e. The van der Waals surface area contributed by atoms with Crippen molar-refractivity contribution in [2.45, 2.75) is 25.8 Å². The predicted molar refractivity (Wildman–Crippen MR) is 92.5 cm³/mol. The Balaban J connectivity index is 2.00. The van der Waals surface area contributed by atoms with Crippen LogP contribution >= 0.6 is 0 Å². The third-order valence-corrected chi connectivity index (χ3v) is 4.55. The zero-order valence-corrected chi connectivity index (χ0v) is 14.7. The summed E-state index contributed by atoms with van der Waals surface area (Å²) in [6.07, 6.45) is 1.94. The van der Waals surface area contributed by atoms with E-state index in [2.05, 4.69) is 17.6 Å². The normalized spacial score (nSPS) is 19.5. The van der Waals surface area contributed by atoms with Crippen molar-refractivity contribution in [2.75, 3.05) is 27.3 Å². The smallest absolute Gasteiger partial charge is 0.319 e. The number of urea groups is 1. The largest absolute Gasteiger partial charge is 0.497 e. The number of hydrogen-bond acceptors (Lipinski definition) is 4. The molecule has 0 spiro atoms. The fourth-order valence-corrected chi connectivity index (χ4v) is 3.26. The second kappa shape index (κ2) is 7.04. The van der Waals surface area contributed by atoms with Gasteiger partial charge in [-0.15, -0.1) is 0 Å². The summed E-state index contributed by atoms with van der Waals surface area (Å²) in [5, 5.41) is 5.62. The first-order chi connectivity index (χ1) is 12.1. The van der Waals surface area contributed by atoms with Crippen LogP contribution in [0.15, 0.2) is 29.5 Å². The highest BCUT2D eigenvalue weighted by Gasteiger charge is 2.41. The molecule has 2 heterocycles. The summed E-state index contributed by atoms with van der Waals surface area (Å²) < 4.78 is 10.7. The van der Waals surface area contributed by atoms with Gasteiger partial charge in [0.25, 0.3) is 5.91 Å². The minimum atomic E-state index is -0.562. The second-order valence-corrected chi connectivity index (χ2v) is 6.11. The number of hydrogen-bond donors (Lipinski definition) is 2. The van der Waals surface area contributed by atoms with Crippen LogP contribution in [-0.4, -0.2) is 44.1 Å². The molecule has 0 aliphatic carbocycles. The highest BCUT2D eigenvalue weighted by molar-refractivity contribution is 6.01. The van der Waals surface area contributed by atoms with Gasteiger partial charge in [-0.25, -0.2) is 4.79 Å². The first kappa shape index (κ1) is 17.1. The van der Waals surface area contributed by atoms with Crippen LogP contribution in [0.25, 0.3) is 0 Å². The minimum absolute atomic E-state index is 0.0502. The van der Waals surface area contributed by atoms with Crippen molar-refractivity contribution in [1.29, 1.82) is 0 Å². The number of rotatable bonds is 6. The highest BCUT2D eigenvalue weighted by Crippen LogP contribution is 2.38. The lowest BCUT2D eigenvalue weighted by molar-refractivity contribution is -0.125. The number of carbonyl (C=O) groups excluding carboxylic acids is 2. The second-order valence-electron chi connectivity index (χ2n) is 6.11. The molecule has 3 amide bonds. The van der Waals surface area contributed by atoms with Crippen molar-refractivity contribution >= 4 is 11.9 Å². The quantitative estimate of drug-likeness (QED) is 0.826. The van der Waals surface area contributed by atoms with Gasteiger partial charge in [0, 0.05) is 12.1 Å². The van der Waals surface area contributed by atoms with Crippen molar-refractivity contribution in [3.63, 3.8) is 0 Å². The number of ether oxygens (including phenoxy) is 2. The fraction of sp³-hybridized carbons (Fsp3) is 0.444. The molecular formula is C18H23N3O4. The van der Waals surface area contributed by atoms with Gasteiger partial charge in [-0.3, -0.25) is 4.79 Å². The number of methoxy groups -OCH3 is 2. The van der Waals surface area contributed by atoms with Crippen molar-refractivity contribution < 1.29 is 19.1 Å². The van der Waals surface area contributed by atoms with Crippen LogP contribution in [0.3, 0.4) is 0 Å². The predicted octanol–water partition coefficient (Wildman–Crippen LogP) is 1.95. The fourth-order valence-electron chi connectivity index (χ4n) is 3.26. The first-order valence-electron chi connectivity index (χ1n) is 8.40. The molecule has 1 aromatic rings. The van der Waals surface area contributed by atoms with E-state index in [9.17, 15) is 9.59 Å². The summed E-state index contributed by atoms with van der Waals surface area (Å²) in [7, 11) is 3.14. The van der Waals surface area contributed by atoms with Crippen LogP contribution in [0.5, 0.6) is 11.5 Å². The minimum Gasteiger partial charge on any atom is -0.497 e. The molecule has 7 nitrogen and oxygen atoms in total. The summed E-state index contributed by atoms with van der Waals surface area (Å²) in [5.41, 5.74) is 1.94. The van der Waals surface area contributed by atoms with E-state index in [-0.39, 0.29) is 11.9 Å². The molecule has 0 saturated carbocycles. The summed E-state index contributed by atoms with van der Waals surface area (Å²) in [5.74, 6) is 1.18. The standard InChI is InChI=1S/C18H23N3O4/c1-4-5-8-21-10-13-15(17(21)22)16(20-18(23)19-13)12-9-11(24-2)6-7-14(12)25-3/h6-7,9,16H,4-5,8,10H2,1-3H3,(H2,19,20,23). The molecule has 2 aliphatic rings. The van der Waals surface area contributed by atoms with Crippen molar-refractivity contribution in [1.82, 2.24) is 15.5 Å². The Morgan fingerprint density at radius 1 is 1.24 bits per heavy atom. The average Bonchev–Trinajstić information content (AvgIpc) is 2.94. The number of nitrogens with zero attached hydrogens (tertiary/aromatic N) is 1. The Morgan fingerprint density at radius 2 is 2.04 bits per heavy atom. The highest BCUT2D eigenvalue weighted by atomic mass is 16.5. The van der Waals surface area contributed by atoms with Crippen molar-refractivity contribution in [2.24, 2.45) is 0 Å². The van der Waals surface area contributed by atoms with Gasteiger partial charge in [0.15, 0.2) is 0 Å². The molecule has 7 heteroatoms. The SMILES string of the molecule is CCCCN1CC2=C(C1=O)C(c1cc(OC)ccc1OC)NC(=O)N2. The van der Waals surface area contributed by atoms with Crippen LogP contribution in [0, 0.1) is 0 Å². The number of nitrogens with one attached hydrogen (secondary N) is 2. The lowest BCUT2D eigenvalue weighted by Gasteiger charge is -2.27. The maximum atomic E-state index is 12.9. The molecule has 0 bridgehead atoms. The number of unbranched alkanes of at least 4 members (excludes halogenated alkanes) is 1. The van der Waals surface area contributed by atoms with Gasteiger partial charge in [-0.1, -0.05) is 13.3 Å². The van der Waals surface area contributed by atoms with E-state index in [4.69, 9.17) is 9.47 Å². The summed E-state index contributed by atoms with van der Waals surface area (Å²) in [6, 6.07) is 4.47. The van der Waals surface area contributed by atoms with Crippen LogP contribution in [0.2, 0.25) is 0 Å². The lowest BCUT2D eigenvalue weighted by Crippen LogP contribution is -2.44. The summed E-state index contributed by atoms with van der Waals surface area (Å²) in [4.78, 5) is 26.8. The summed E-state index contributed by atoms with van der Waals surface area (Å²) in [6.45, 7) is 3.20. The molecule has 1 aromatic carbocycles. The molecule has 25 heavy (non-hydrogen) atoms. The molecule has 0 fully saturated rings. The van der Waals surface area contributed by atoms with Crippen molar-refractivity contribution in [3.05, 3.63) is 35.0 Å². The lowest BCUT2D eigenvalue weighted by atomic mass is 9.95. The van der Waals surface area contributed by atoms with E-state index in [0.29, 0.717) is 41.4 Å². The molecule has 0 radical (unpaired) electrons. The Kier molecular flexibility index (Phi) is 4.83. The molecule has 0 saturated heterocycles. The molecule has 2 N–H and O–H groups in total. The third kappa shape index (κ3) is 3.14. The first-order valence-corrected chi connectivity index (χ1v) is 8.40. The summed E-state index contributed by atoms with van der Waals surface area (Å²) >= 11 is 0. The zero-order chi connectivity index (χ0) is 18.0. The molecule has 3 rings (SSSR count). The van der Waals surface area contributed by atoms with Crippen molar-refractivity contribution in [3.8, 4) is 11.5 Å². The Hall–Kier alpha value is -2.70. The van der Waals surface area contributed by atoms with Gasteiger partial charge in [0.2, 0.25) is 0 Å². The molecule has 1 atom stereocenters. The molecule has 134 valence electrons. The monoisotopic (exact) mass is 345 g/mol. The van der Waals surface area contributed by atoms with E-state index in [1.165, 1.54) is 0 Å². The van der Waals surface area contributed by atoms with E-state index in [1.54, 1.807) is 37.3 Å². The third-order valence-electron chi connectivity index (χ3n) is 4.55. The van der Waals surface area contributed by atoms with Gasteiger partial charge in [-0.05, 0) is 24.6 Å². The molecular weight excluding hydrogens is 322 g/mol. The van der Waals surface area contributed by atoms with Gasteiger partial charge in [-0.2, -0.15) is 0 Å². The van der Waals surface area contributed by atoms with Gasteiger partial charge >= 0.3 is 6.03 Å². The number of carbonyl (C=O) groups is 2.